The van der Waals surface area contributed by atoms with Gasteiger partial charge in [-0.3, -0.25) is 9.59 Å². The normalized spacial score (nSPS) is 11.1. The van der Waals surface area contributed by atoms with E-state index in [1.807, 2.05) is 25.5 Å². The standard InChI is InChI=1S/C24H41NO3/c1-5-6-7-8-9-10-11-12-13-14-15-16-22(26)24-19(2)21(17-18-23(27)28)25(4)20(24)3/h5-18H2,1-4H3,(H,27,28). The first kappa shape index (κ1) is 24.5. The molecule has 0 spiro atoms. The van der Waals surface area contributed by atoms with Crippen molar-refractivity contribution in [3.05, 3.63) is 22.5 Å². The maximum absolute atomic E-state index is 12.7. The number of unbranched alkanes of at least 4 members (excludes halogenated alkanes) is 10. The van der Waals surface area contributed by atoms with Crippen molar-refractivity contribution in [3.63, 3.8) is 0 Å². The van der Waals surface area contributed by atoms with E-state index >= 15 is 0 Å². The zero-order valence-electron chi connectivity index (χ0n) is 18.6. The van der Waals surface area contributed by atoms with Crippen molar-refractivity contribution >= 4 is 11.8 Å². The van der Waals surface area contributed by atoms with Crippen molar-refractivity contribution in [2.45, 2.75) is 111 Å². The summed E-state index contributed by atoms with van der Waals surface area (Å²) in [6.07, 6.45) is 15.2. The van der Waals surface area contributed by atoms with Gasteiger partial charge in [-0.1, -0.05) is 71.1 Å². The Morgan fingerprint density at radius 1 is 0.821 bits per heavy atom. The third-order valence-corrected chi connectivity index (χ3v) is 5.94. The molecule has 160 valence electrons. The zero-order chi connectivity index (χ0) is 20.9. The van der Waals surface area contributed by atoms with Gasteiger partial charge >= 0.3 is 5.97 Å². The average molecular weight is 392 g/mol. The summed E-state index contributed by atoms with van der Waals surface area (Å²) in [4.78, 5) is 23.6. The van der Waals surface area contributed by atoms with E-state index in [2.05, 4.69) is 6.92 Å². The van der Waals surface area contributed by atoms with Crippen molar-refractivity contribution in [2.24, 2.45) is 7.05 Å². The summed E-state index contributed by atoms with van der Waals surface area (Å²) >= 11 is 0. The number of carbonyl (C=O) groups excluding carboxylic acids is 1. The SMILES string of the molecule is CCCCCCCCCCCCCC(=O)c1c(C)c(CCC(=O)O)n(C)c1C. The van der Waals surface area contributed by atoms with E-state index in [-0.39, 0.29) is 12.2 Å². The molecule has 0 saturated carbocycles. The number of carboxylic acids is 1. The van der Waals surface area contributed by atoms with Crippen LogP contribution < -0.4 is 0 Å². The van der Waals surface area contributed by atoms with Crippen molar-refractivity contribution in [1.82, 2.24) is 4.57 Å². The molecule has 0 atom stereocenters. The van der Waals surface area contributed by atoms with Crippen LogP contribution in [-0.4, -0.2) is 21.4 Å². The smallest absolute Gasteiger partial charge is 0.303 e. The first-order chi connectivity index (χ1) is 13.4. The Bertz CT molecular complexity index is 616. The largest absolute Gasteiger partial charge is 0.481 e. The third kappa shape index (κ3) is 8.20. The van der Waals surface area contributed by atoms with Crippen molar-refractivity contribution < 1.29 is 14.7 Å². The molecule has 0 radical (unpaired) electrons. The van der Waals surface area contributed by atoms with Crippen LogP contribution in [0, 0.1) is 13.8 Å². The number of aromatic nitrogens is 1. The Morgan fingerprint density at radius 2 is 1.32 bits per heavy atom. The van der Waals surface area contributed by atoms with Crippen molar-refractivity contribution in [2.75, 3.05) is 0 Å². The molecule has 4 heteroatoms. The van der Waals surface area contributed by atoms with Gasteiger partial charge in [0.15, 0.2) is 5.78 Å². The van der Waals surface area contributed by atoms with Gasteiger partial charge < -0.3 is 9.67 Å². The molecule has 1 aromatic heterocycles. The van der Waals surface area contributed by atoms with E-state index in [0.717, 1.165) is 35.4 Å². The van der Waals surface area contributed by atoms with E-state index in [0.29, 0.717) is 12.8 Å². The number of nitrogens with zero attached hydrogens (tertiary/aromatic N) is 1. The lowest BCUT2D eigenvalue weighted by atomic mass is 9.99. The molecule has 0 unspecified atom stereocenters. The van der Waals surface area contributed by atoms with Crippen LogP contribution in [0.2, 0.25) is 0 Å². The molecule has 0 aliphatic rings. The number of hydrogen-bond donors (Lipinski definition) is 1. The highest BCUT2D eigenvalue weighted by atomic mass is 16.4. The molecule has 1 heterocycles. The highest BCUT2D eigenvalue weighted by molar-refractivity contribution is 5.99. The van der Waals surface area contributed by atoms with Crippen molar-refractivity contribution in [1.29, 1.82) is 0 Å². The predicted octanol–water partition coefficient (Wildman–Crippen LogP) is 6.54. The molecule has 4 nitrogen and oxygen atoms in total. The van der Waals surface area contributed by atoms with Crippen LogP contribution >= 0.6 is 0 Å². The summed E-state index contributed by atoms with van der Waals surface area (Å²) in [5, 5.41) is 8.93. The number of carbonyl (C=O) groups is 2. The molecular weight excluding hydrogens is 350 g/mol. The molecule has 0 bridgehead atoms. The van der Waals surface area contributed by atoms with Crippen LogP contribution in [0.5, 0.6) is 0 Å². The van der Waals surface area contributed by atoms with Gasteiger partial charge in [0.1, 0.15) is 0 Å². The first-order valence-corrected chi connectivity index (χ1v) is 11.3. The van der Waals surface area contributed by atoms with E-state index in [1.165, 1.54) is 57.8 Å². The minimum absolute atomic E-state index is 0.102. The second-order valence-corrected chi connectivity index (χ2v) is 8.19. The second kappa shape index (κ2) is 13.6. The first-order valence-electron chi connectivity index (χ1n) is 11.3. The molecule has 0 aromatic carbocycles. The van der Waals surface area contributed by atoms with E-state index in [1.54, 1.807) is 0 Å². The molecule has 28 heavy (non-hydrogen) atoms. The minimum Gasteiger partial charge on any atom is -0.481 e. The highest BCUT2D eigenvalue weighted by Crippen LogP contribution is 2.24. The second-order valence-electron chi connectivity index (χ2n) is 8.19. The van der Waals surface area contributed by atoms with E-state index in [9.17, 15) is 9.59 Å². The van der Waals surface area contributed by atoms with Gasteiger partial charge in [0, 0.05) is 30.4 Å². The summed E-state index contributed by atoms with van der Waals surface area (Å²) in [6, 6.07) is 0. The molecule has 0 amide bonds. The fourth-order valence-electron chi connectivity index (χ4n) is 4.10. The minimum atomic E-state index is -0.799. The maximum atomic E-state index is 12.7. The van der Waals surface area contributed by atoms with Crippen LogP contribution in [0.15, 0.2) is 0 Å². The lowest BCUT2D eigenvalue weighted by Crippen LogP contribution is -2.04. The van der Waals surface area contributed by atoms with Gasteiger partial charge in [-0.2, -0.15) is 0 Å². The molecule has 0 saturated heterocycles. The summed E-state index contributed by atoms with van der Waals surface area (Å²) in [7, 11) is 1.93. The Labute approximate surface area is 171 Å². The summed E-state index contributed by atoms with van der Waals surface area (Å²) in [5.41, 5.74) is 3.72. The number of Topliss-reactive ketones (excluding diaryl/α,β-unsaturated/α-hetero) is 1. The zero-order valence-corrected chi connectivity index (χ0v) is 18.6. The number of rotatable bonds is 16. The van der Waals surface area contributed by atoms with E-state index in [4.69, 9.17) is 5.11 Å². The molecule has 1 N–H and O–H groups in total. The highest BCUT2D eigenvalue weighted by Gasteiger charge is 2.20. The predicted molar refractivity (Wildman–Crippen MR) is 116 cm³/mol. The Hall–Kier alpha value is -1.58. The van der Waals surface area contributed by atoms with E-state index < -0.39 is 5.97 Å². The number of hydrogen-bond acceptors (Lipinski definition) is 2. The lowest BCUT2D eigenvalue weighted by molar-refractivity contribution is -0.136. The fourth-order valence-corrected chi connectivity index (χ4v) is 4.10. The maximum Gasteiger partial charge on any atom is 0.303 e. The molecule has 0 aliphatic heterocycles. The molecule has 0 aliphatic carbocycles. The van der Waals surface area contributed by atoms with Crippen LogP contribution in [0.25, 0.3) is 0 Å². The lowest BCUT2D eigenvalue weighted by Gasteiger charge is -2.04. The summed E-state index contributed by atoms with van der Waals surface area (Å²) < 4.78 is 1.99. The summed E-state index contributed by atoms with van der Waals surface area (Å²) in [5.74, 6) is -0.588. The fraction of sp³-hybridized carbons (Fsp3) is 0.750. The summed E-state index contributed by atoms with van der Waals surface area (Å²) in [6.45, 7) is 6.17. The van der Waals surface area contributed by atoms with Crippen molar-refractivity contribution in [3.8, 4) is 0 Å². The quantitative estimate of drug-likeness (QED) is 0.257. The van der Waals surface area contributed by atoms with Crippen LogP contribution in [0.4, 0.5) is 0 Å². The van der Waals surface area contributed by atoms with Gasteiger partial charge in [0.2, 0.25) is 0 Å². The monoisotopic (exact) mass is 391 g/mol. The number of ketones is 1. The van der Waals surface area contributed by atoms with Gasteiger partial charge in [0.25, 0.3) is 0 Å². The van der Waals surface area contributed by atoms with Gasteiger partial charge in [0.05, 0.1) is 6.42 Å². The Morgan fingerprint density at radius 3 is 1.82 bits per heavy atom. The molecule has 1 rings (SSSR count). The van der Waals surface area contributed by atoms with Gasteiger partial charge in [-0.05, 0) is 32.3 Å². The average Bonchev–Trinajstić information content (AvgIpc) is 2.86. The molecule has 0 fully saturated rings. The van der Waals surface area contributed by atoms with Gasteiger partial charge in [-0.25, -0.2) is 0 Å². The topological polar surface area (TPSA) is 59.3 Å². The van der Waals surface area contributed by atoms with Crippen LogP contribution in [-0.2, 0) is 18.3 Å². The van der Waals surface area contributed by atoms with Gasteiger partial charge in [-0.15, -0.1) is 0 Å². The third-order valence-electron chi connectivity index (χ3n) is 5.94. The molecule has 1 aromatic rings. The van der Waals surface area contributed by atoms with Crippen LogP contribution in [0.3, 0.4) is 0 Å². The van der Waals surface area contributed by atoms with Crippen LogP contribution in [0.1, 0.15) is 118 Å². The number of aliphatic carboxylic acids is 1. The Kier molecular flexibility index (Phi) is 11.9. The molecular formula is C24H41NO3. The Balaban J connectivity index is 2.30. The number of carboxylic acid groups (broad SMARTS) is 1.